The van der Waals surface area contributed by atoms with Crippen molar-refractivity contribution in [1.29, 1.82) is 0 Å². The molecule has 0 radical (unpaired) electrons. The van der Waals surface area contributed by atoms with Gasteiger partial charge in [0, 0.05) is 31.4 Å². The summed E-state index contributed by atoms with van der Waals surface area (Å²) in [4.78, 5) is 40.1. The number of carbonyl (C=O) groups is 3. The number of amides is 3. The van der Waals surface area contributed by atoms with Crippen molar-refractivity contribution in [2.45, 2.75) is 17.7 Å². The van der Waals surface area contributed by atoms with Gasteiger partial charge in [-0.1, -0.05) is 18.2 Å². The van der Waals surface area contributed by atoms with Crippen molar-refractivity contribution in [2.24, 2.45) is 5.92 Å². The lowest BCUT2D eigenvalue weighted by Gasteiger charge is -2.31. The molecule has 1 fully saturated rings. The van der Waals surface area contributed by atoms with Crippen LogP contribution >= 0.6 is 11.9 Å². The fourth-order valence-electron chi connectivity index (χ4n) is 4.07. The SMILES string of the molecule is O=C(NCC1CCN(C(=O)Oc2ccccc2)CC1)c1ccc2c(c1)NC(=O)c1cccn1S2. The second kappa shape index (κ2) is 9.64. The van der Waals surface area contributed by atoms with Gasteiger partial charge in [0.2, 0.25) is 0 Å². The number of benzene rings is 2. The molecule has 1 saturated heterocycles. The summed E-state index contributed by atoms with van der Waals surface area (Å²) < 4.78 is 7.22. The predicted octanol–water partition coefficient (Wildman–Crippen LogP) is 4.25. The number of carbonyl (C=O) groups excluding carboxylic acids is 3. The first-order chi connectivity index (χ1) is 16.6. The number of anilines is 1. The Kier molecular flexibility index (Phi) is 6.27. The molecule has 3 aromatic rings. The molecule has 5 rings (SSSR count). The molecule has 0 aliphatic carbocycles. The van der Waals surface area contributed by atoms with Gasteiger partial charge in [-0.2, -0.15) is 0 Å². The molecular formula is C25H24N4O4S. The van der Waals surface area contributed by atoms with Gasteiger partial charge in [-0.05, 0) is 73.2 Å². The first-order valence-electron chi connectivity index (χ1n) is 11.2. The zero-order valence-corrected chi connectivity index (χ0v) is 19.2. The largest absolute Gasteiger partial charge is 0.415 e. The summed E-state index contributed by atoms with van der Waals surface area (Å²) >= 11 is 1.43. The molecule has 3 amide bonds. The normalized spacial score (nSPS) is 15.5. The second-order valence-corrected chi connectivity index (χ2v) is 9.31. The number of likely N-dealkylation sites (tertiary alicyclic amines) is 1. The Morgan fingerprint density at radius 3 is 2.65 bits per heavy atom. The Hall–Kier alpha value is -3.72. The Morgan fingerprint density at radius 1 is 1.06 bits per heavy atom. The molecule has 1 aromatic heterocycles. The highest BCUT2D eigenvalue weighted by Crippen LogP contribution is 2.34. The molecule has 174 valence electrons. The number of nitrogens with zero attached hydrogens (tertiary/aromatic N) is 2. The maximum absolute atomic E-state index is 12.8. The van der Waals surface area contributed by atoms with Crippen LogP contribution in [0.2, 0.25) is 0 Å². The van der Waals surface area contributed by atoms with Gasteiger partial charge in [0.05, 0.1) is 10.6 Å². The molecular weight excluding hydrogens is 452 g/mol. The number of piperidine rings is 1. The summed E-state index contributed by atoms with van der Waals surface area (Å²) in [5, 5.41) is 5.89. The molecule has 2 aliphatic rings. The first-order valence-corrected chi connectivity index (χ1v) is 12.0. The van der Waals surface area contributed by atoms with Crippen molar-refractivity contribution in [2.75, 3.05) is 25.0 Å². The van der Waals surface area contributed by atoms with Gasteiger partial charge in [-0.25, -0.2) is 4.79 Å². The van der Waals surface area contributed by atoms with Crippen LogP contribution in [0.15, 0.2) is 71.8 Å². The third-order valence-corrected chi connectivity index (χ3v) is 7.07. The first kappa shape index (κ1) is 22.1. The van der Waals surface area contributed by atoms with Crippen LogP contribution in [0.4, 0.5) is 10.5 Å². The number of ether oxygens (including phenoxy) is 1. The molecule has 0 atom stereocenters. The Balaban J connectivity index is 1.13. The number of hydrogen-bond donors (Lipinski definition) is 2. The van der Waals surface area contributed by atoms with Crippen LogP contribution in [-0.4, -0.2) is 46.4 Å². The van der Waals surface area contributed by atoms with Crippen molar-refractivity contribution < 1.29 is 19.1 Å². The van der Waals surface area contributed by atoms with Crippen LogP contribution in [0.3, 0.4) is 0 Å². The van der Waals surface area contributed by atoms with E-state index in [9.17, 15) is 14.4 Å². The molecule has 0 unspecified atom stereocenters. The molecule has 0 saturated carbocycles. The van der Waals surface area contributed by atoms with Crippen LogP contribution in [-0.2, 0) is 0 Å². The van der Waals surface area contributed by atoms with Gasteiger partial charge in [0.1, 0.15) is 11.4 Å². The van der Waals surface area contributed by atoms with Crippen LogP contribution in [0, 0.1) is 5.92 Å². The van der Waals surface area contributed by atoms with E-state index in [0.717, 1.165) is 17.7 Å². The zero-order chi connectivity index (χ0) is 23.5. The maximum atomic E-state index is 12.8. The average molecular weight is 477 g/mol. The predicted molar refractivity (Wildman–Crippen MR) is 129 cm³/mol. The highest BCUT2D eigenvalue weighted by atomic mass is 32.2. The minimum Gasteiger partial charge on any atom is -0.410 e. The highest BCUT2D eigenvalue weighted by molar-refractivity contribution is 7.98. The summed E-state index contributed by atoms with van der Waals surface area (Å²) in [5.41, 5.74) is 1.68. The van der Waals surface area contributed by atoms with Crippen LogP contribution < -0.4 is 15.4 Å². The Bertz CT molecular complexity index is 1220. The van der Waals surface area contributed by atoms with Crippen molar-refractivity contribution in [1.82, 2.24) is 14.2 Å². The standard InChI is InChI=1S/C25H24N4O4S/c30-23(18-8-9-22-20(15-18)27-24(31)21-7-4-12-29(21)34-22)26-16-17-10-13-28(14-11-17)25(32)33-19-5-2-1-3-6-19/h1-9,12,15,17H,10-11,13-14,16H2,(H,26,30)(H,27,31). The smallest absolute Gasteiger partial charge is 0.410 e. The average Bonchev–Trinajstić information content (AvgIpc) is 3.28. The minimum atomic E-state index is -0.342. The van der Waals surface area contributed by atoms with E-state index in [1.807, 2.05) is 40.5 Å². The summed E-state index contributed by atoms with van der Waals surface area (Å²) in [7, 11) is 0. The van der Waals surface area contributed by atoms with Gasteiger partial charge >= 0.3 is 6.09 Å². The van der Waals surface area contributed by atoms with Gasteiger partial charge in [0.25, 0.3) is 11.8 Å². The zero-order valence-electron chi connectivity index (χ0n) is 18.4. The van der Waals surface area contributed by atoms with Gasteiger partial charge in [-0.3, -0.25) is 13.6 Å². The number of nitrogens with one attached hydrogen (secondary N) is 2. The van der Waals surface area contributed by atoms with Crippen LogP contribution in [0.1, 0.15) is 33.7 Å². The number of hydrogen-bond acceptors (Lipinski definition) is 5. The molecule has 8 nitrogen and oxygen atoms in total. The topological polar surface area (TPSA) is 92.7 Å². The van der Waals surface area contributed by atoms with Gasteiger partial charge in [-0.15, -0.1) is 0 Å². The molecule has 9 heteroatoms. The van der Waals surface area contributed by atoms with Gasteiger partial charge < -0.3 is 20.3 Å². The van der Waals surface area contributed by atoms with Gasteiger partial charge in [0.15, 0.2) is 0 Å². The molecule has 34 heavy (non-hydrogen) atoms. The molecule has 2 aromatic carbocycles. The van der Waals surface area contributed by atoms with E-state index in [0.29, 0.717) is 42.3 Å². The molecule has 0 spiro atoms. The maximum Gasteiger partial charge on any atom is 0.415 e. The van der Waals surface area contributed by atoms with Crippen LogP contribution in [0.25, 0.3) is 0 Å². The minimum absolute atomic E-state index is 0.183. The quantitative estimate of drug-likeness (QED) is 0.587. The van der Waals surface area contributed by atoms with Crippen molar-refractivity contribution in [3.05, 3.63) is 78.1 Å². The lowest BCUT2D eigenvalue weighted by molar-refractivity contribution is 0.0930. The Morgan fingerprint density at radius 2 is 1.85 bits per heavy atom. The molecule has 2 aliphatic heterocycles. The van der Waals surface area contributed by atoms with E-state index < -0.39 is 0 Å². The molecule has 3 heterocycles. The number of fused-ring (bicyclic) bond motifs is 2. The summed E-state index contributed by atoms with van der Waals surface area (Å²) in [6, 6.07) is 17.9. The Labute approximate surface area is 201 Å². The van der Waals surface area contributed by atoms with E-state index in [1.54, 1.807) is 35.2 Å². The molecule has 2 N–H and O–H groups in total. The summed E-state index contributed by atoms with van der Waals surface area (Å²) in [6.45, 7) is 1.72. The highest BCUT2D eigenvalue weighted by Gasteiger charge is 2.25. The van der Waals surface area contributed by atoms with Crippen LogP contribution in [0.5, 0.6) is 5.75 Å². The number of para-hydroxylation sites is 1. The van der Waals surface area contributed by atoms with Crippen molar-refractivity contribution >= 4 is 35.5 Å². The lowest BCUT2D eigenvalue weighted by atomic mass is 9.97. The van der Waals surface area contributed by atoms with Crippen molar-refractivity contribution in [3.63, 3.8) is 0 Å². The molecule has 0 bridgehead atoms. The third-order valence-electron chi connectivity index (χ3n) is 6.00. The van der Waals surface area contributed by atoms with E-state index in [4.69, 9.17) is 4.74 Å². The van der Waals surface area contributed by atoms with E-state index in [-0.39, 0.29) is 23.8 Å². The number of rotatable bonds is 4. The lowest BCUT2D eigenvalue weighted by Crippen LogP contribution is -2.42. The fraction of sp³-hybridized carbons (Fsp3) is 0.240. The number of aromatic nitrogens is 1. The van der Waals surface area contributed by atoms with E-state index in [2.05, 4.69) is 10.6 Å². The third kappa shape index (κ3) is 4.79. The van der Waals surface area contributed by atoms with E-state index in [1.165, 1.54) is 11.9 Å². The summed E-state index contributed by atoms with van der Waals surface area (Å²) in [5.74, 6) is 0.431. The van der Waals surface area contributed by atoms with E-state index >= 15 is 0 Å². The summed E-state index contributed by atoms with van der Waals surface area (Å²) in [6.07, 6.45) is 3.08. The van der Waals surface area contributed by atoms with Crippen molar-refractivity contribution in [3.8, 4) is 5.75 Å². The fourth-order valence-corrected chi connectivity index (χ4v) is 5.00. The second-order valence-electron chi connectivity index (χ2n) is 8.30. The monoisotopic (exact) mass is 476 g/mol.